The molecule has 1 aliphatic rings. The van der Waals surface area contributed by atoms with Crippen LogP contribution in [0, 0.1) is 0 Å². The molecule has 0 bridgehead atoms. The molecule has 3 aromatic carbocycles. The van der Waals surface area contributed by atoms with Crippen molar-refractivity contribution >= 4 is 27.2 Å². The predicted molar refractivity (Wildman–Crippen MR) is 137 cm³/mol. The summed E-state index contributed by atoms with van der Waals surface area (Å²) in [5, 5.41) is 2.78. The van der Waals surface area contributed by atoms with Crippen LogP contribution in [0.3, 0.4) is 0 Å². The van der Waals surface area contributed by atoms with Crippen molar-refractivity contribution in [2.75, 3.05) is 25.1 Å². The van der Waals surface area contributed by atoms with Gasteiger partial charge in [0.05, 0.1) is 26.5 Å². The molecule has 0 aromatic heterocycles. The Hall–Kier alpha value is -4.04. The van der Waals surface area contributed by atoms with Crippen molar-refractivity contribution in [3.05, 3.63) is 107 Å². The summed E-state index contributed by atoms with van der Waals surface area (Å²) in [4.78, 5) is 13.3. The van der Waals surface area contributed by atoms with Crippen LogP contribution in [0.25, 0.3) is 5.57 Å². The minimum Gasteiger partial charge on any atom is -0.493 e. The number of hydrogen-bond acceptors (Lipinski definition) is 5. The molecule has 1 aliphatic heterocycles. The van der Waals surface area contributed by atoms with E-state index in [9.17, 15) is 13.2 Å². The minimum atomic E-state index is -4.18. The molecule has 0 saturated carbocycles. The molecule has 0 radical (unpaired) electrons. The number of amides is 1. The van der Waals surface area contributed by atoms with E-state index in [2.05, 4.69) is 11.9 Å². The number of benzene rings is 3. The average Bonchev–Trinajstić information content (AvgIpc) is 2.88. The van der Waals surface area contributed by atoms with Gasteiger partial charge >= 0.3 is 0 Å². The molecule has 3 aromatic rings. The first-order valence-electron chi connectivity index (χ1n) is 10.9. The third kappa shape index (κ3) is 4.52. The van der Waals surface area contributed by atoms with E-state index in [-0.39, 0.29) is 18.0 Å². The zero-order valence-corrected chi connectivity index (χ0v) is 20.3. The van der Waals surface area contributed by atoms with Crippen LogP contribution in [-0.4, -0.2) is 35.1 Å². The molecule has 0 saturated heterocycles. The first-order chi connectivity index (χ1) is 16.9. The normalized spacial score (nSPS) is 14.2. The molecule has 1 amide bonds. The molecule has 35 heavy (non-hydrogen) atoms. The van der Waals surface area contributed by atoms with Crippen LogP contribution in [0.5, 0.6) is 11.5 Å². The van der Waals surface area contributed by atoms with E-state index in [1.807, 2.05) is 30.3 Å². The van der Waals surface area contributed by atoms with Crippen LogP contribution < -0.4 is 19.1 Å². The fourth-order valence-electron chi connectivity index (χ4n) is 4.08. The van der Waals surface area contributed by atoms with Gasteiger partial charge in [0.15, 0.2) is 16.4 Å². The Morgan fingerprint density at radius 1 is 0.971 bits per heavy atom. The third-order valence-corrected chi connectivity index (χ3v) is 7.51. The summed E-state index contributed by atoms with van der Waals surface area (Å²) >= 11 is 0. The number of sulfonamides is 1. The molecule has 0 atom stereocenters. The number of anilines is 1. The standard InChI is InChI=1S/C27H26N2O5S/c1-4-16-29-22-13-9-8-12-21(22)25(20-10-6-5-7-11-20)26(35(29,31)32)27(30)28-18-19-14-15-23(33-2)24(17-19)34-3/h4-15,17H,1,16,18H2,2-3H3,(H,28,30). The molecule has 0 aliphatic carbocycles. The van der Waals surface area contributed by atoms with Crippen molar-refractivity contribution in [1.82, 2.24) is 5.32 Å². The maximum absolute atomic E-state index is 13.8. The highest BCUT2D eigenvalue weighted by Gasteiger charge is 2.40. The summed E-state index contributed by atoms with van der Waals surface area (Å²) in [7, 11) is -1.11. The Bertz CT molecular complexity index is 1400. The highest BCUT2D eigenvalue weighted by molar-refractivity contribution is 7.97. The van der Waals surface area contributed by atoms with E-state index < -0.39 is 15.9 Å². The fourth-order valence-corrected chi connectivity index (χ4v) is 5.81. The third-order valence-electron chi connectivity index (χ3n) is 5.68. The fraction of sp³-hybridized carbons (Fsp3) is 0.148. The van der Waals surface area contributed by atoms with Gasteiger partial charge in [-0.15, -0.1) is 6.58 Å². The van der Waals surface area contributed by atoms with Crippen LogP contribution >= 0.6 is 0 Å². The molecule has 8 heteroatoms. The second-order valence-corrected chi connectivity index (χ2v) is 9.58. The predicted octanol–water partition coefficient (Wildman–Crippen LogP) is 4.12. The summed E-state index contributed by atoms with van der Waals surface area (Å²) in [6, 6.07) is 21.5. The number of hydrogen-bond donors (Lipinski definition) is 1. The largest absolute Gasteiger partial charge is 0.493 e. The van der Waals surface area contributed by atoms with Crippen molar-refractivity contribution in [3.8, 4) is 11.5 Å². The molecule has 1 N–H and O–H groups in total. The van der Waals surface area contributed by atoms with Crippen LogP contribution in [0.4, 0.5) is 5.69 Å². The number of carbonyl (C=O) groups is 1. The van der Waals surface area contributed by atoms with E-state index in [1.54, 1.807) is 42.5 Å². The first kappa shape index (κ1) is 24.1. The molecule has 7 nitrogen and oxygen atoms in total. The van der Waals surface area contributed by atoms with E-state index >= 15 is 0 Å². The second kappa shape index (κ2) is 10.1. The van der Waals surface area contributed by atoms with Gasteiger partial charge in [0.2, 0.25) is 0 Å². The van der Waals surface area contributed by atoms with E-state index in [1.165, 1.54) is 24.6 Å². The van der Waals surface area contributed by atoms with E-state index in [4.69, 9.17) is 9.47 Å². The molecule has 1 heterocycles. The van der Waals surface area contributed by atoms with Gasteiger partial charge in [-0.05, 0) is 29.3 Å². The van der Waals surface area contributed by atoms with E-state index in [0.717, 1.165) is 5.56 Å². The number of para-hydroxylation sites is 1. The van der Waals surface area contributed by atoms with Gasteiger partial charge in [0, 0.05) is 17.7 Å². The smallest absolute Gasteiger partial charge is 0.270 e. The maximum Gasteiger partial charge on any atom is 0.270 e. The zero-order valence-electron chi connectivity index (χ0n) is 19.5. The minimum absolute atomic E-state index is 0.0356. The highest BCUT2D eigenvalue weighted by Crippen LogP contribution is 2.42. The van der Waals surface area contributed by atoms with Crippen molar-refractivity contribution in [3.63, 3.8) is 0 Å². The lowest BCUT2D eigenvalue weighted by atomic mass is 9.95. The monoisotopic (exact) mass is 490 g/mol. The number of nitrogens with zero attached hydrogens (tertiary/aromatic N) is 1. The van der Waals surface area contributed by atoms with Gasteiger partial charge in [0.1, 0.15) is 0 Å². The quantitative estimate of drug-likeness (QED) is 0.481. The number of fused-ring (bicyclic) bond motifs is 1. The van der Waals surface area contributed by atoms with Gasteiger partial charge in [-0.2, -0.15) is 0 Å². The lowest BCUT2D eigenvalue weighted by Gasteiger charge is -2.32. The van der Waals surface area contributed by atoms with Crippen LogP contribution in [0.15, 0.2) is 90.4 Å². The zero-order chi connectivity index (χ0) is 25.0. The summed E-state index contributed by atoms with van der Waals surface area (Å²) < 4.78 is 39.4. The van der Waals surface area contributed by atoms with Gasteiger partial charge in [-0.25, -0.2) is 8.42 Å². The Morgan fingerprint density at radius 3 is 2.34 bits per heavy atom. The number of methoxy groups -OCH3 is 2. The van der Waals surface area contributed by atoms with Crippen LogP contribution in [0.1, 0.15) is 16.7 Å². The molecule has 0 spiro atoms. The lowest BCUT2D eigenvalue weighted by molar-refractivity contribution is -0.117. The molecule has 0 unspecified atom stereocenters. The summed E-state index contributed by atoms with van der Waals surface area (Å²) in [5.41, 5.74) is 2.90. The van der Waals surface area contributed by atoms with Crippen LogP contribution in [0.2, 0.25) is 0 Å². The summed E-state index contributed by atoms with van der Waals surface area (Å²) in [6.07, 6.45) is 1.50. The van der Waals surface area contributed by atoms with Gasteiger partial charge in [-0.3, -0.25) is 9.10 Å². The molecule has 180 valence electrons. The molecule has 4 rings (SSSR count). The topological polar surface area (TPSA) is 84.9 Å². The number of nitrogens with one attached hydrogen (secondary N) is 1. The summed E-state index contributed by atoms with van der Waals surface area (Å²) in [6.45, 7) is 3.84. The van der Waals surface area contributed by atoms with Crippen molar-refractivity contribution < 1.29 is 22.7 Å². The second-order valence-electron chi connectivity index (χ2n) is 7.78. The van der Waals surface area contributed by atoms with Crippen molar-refractivity contribution in [2.24, 2.45) is 0 Å². The Balaban J connectivity index is 1.82. The van der Waals surface area contributed by atoms with Crippen LogP contribution in [-0.2, 0) is 21.4 Å². The van der Waals surface area contributed by atoms with Gasteiger partial charge in [-0.1, -0.05) is 60.7 Å². The summed E-state index contributed by atoms with van der Waals surface area (Å²) in [5.74, 6) is 0.380. The first-order valence-corrected chi connectivity index (χ1v) is 12.4. The Kier molecular flexibility index (Phi) is 6.93. The van der Waals surface area contributed by atoms with Gasteiger partial charge in [0.25, 0.3) is 15.9 Å². The highest BCUT2D eigenvalue weighted by atomic mass is 32.2. The average molecular weight is 491 g/mol. The number of carbonyl (C=O) groups excluding carboxylic acids is 1. The number of ether oxygens (including phenoxy) is 2. The SMILES string of the molecule is C=CCN1c2ccccc2C(c2ccccc2)=C(C(=O)NCc2ccc(OC)c(OC)c2)S1(=O)=O. The molecule has 0 fully saturated rings. The van der Waals surface area contributed by atoms with Gasteiger partial charge < -0.3 is 14.8 Å². The maximum atomic E-state index is 13.8. The molecular formula is C27H26N2O5S. The van der Waals surface area contributed by atoms with E-state index in [0.29, 0.717) is 33.9 Å². The Morgan fingerprint density at radius 2 is 1.66 bits per heavy atom. The van der Waals surface area contributed by atoms with Crippen molar-refractivity contribution in [1.29, 1.82) is 0 Å². The lowest BCUT2D eigenvalue weighted by Crippen LogP contribution is -2.41. The Labute approximate surface area is 205 Å². The number of rotatable bonds is 8. The van der Waals surface area contributed by atoms with Crippen molar-refractivity contribution in [2.45, 2.75) is 6.54 Å². The molecular weight excluding hydrogens is 464 g/mol.